The molecule has 0 aliphatic heterocycles. The van der Waals surface area contributed by atoms with Gasteiger partial charge in [-0.25, -0.2) is 4.39 Å². The molecule has 8 heteroatoms. The molecule has 4 nitrogen and oxygen atoms in total. The quantitative estimate of drug-likeness (QED) is 0.242. The minimum Gasteiger partial charge on any atom is -0.325 e. The fraction of sp³-hybridized carbons (Fsp3) is 0.0370. The highest BCUT2D eigenvalue weighted by Gasteiger charge is 2.23. The predicted octanol–water partition coefficient (Wildman–Crippen LogP) is 7.86. The summed E-state index contributed by atoms with van der Waals surface area (Å²) in [7, 11) is 0. The molecule has 0 bridgehead atoms. The van der Waals surface area contributed by atoms with Crippen molar-refractivity contribution in [2.45, 2.75) is 10.1 Å². The summed E-state index contributed by atoms with van der Waals surface area (Å²) in [6, 6.07) is 26.8. The fourth-order valence-electron chi connectivity index (χ4n) is 3.27. The zero-order chi connectivity index (χ0) is 24.8. The van der Waals surface area contributed by atoms with E-state index >= 15 is 0 Å². The molecule has 4 aromatic carbocycles. The van der Waals surface area contributed by atoms with Crippen LogP contribution in [0.4, 0.5) is 15.8 Å². The van der Waals surface area contributed by atoms with E-state index in [1.807, 2.05) is 36.4 Å². The number of nitrogens with one attached hydrogen (secondary N) is 2. The van der Waals surface area contributed by atoms with Crippen LogP contribution in [0.2, 0.25) is 10.0 Å². The number of anilines is 2. The highest BCUT2D eigenvalue weighted by Crippen LogP contribution is 2.37. The standard InChI is InChI=1S/C27H19Cl2FN2O2S/c28-23-14-13-21(16-24(23)29)32-27(34)25(17-5-2-1-3-6-17)35-22-8-4-7-20(15-22)31-26(33)18-9-11-19(30)12-10-18/h1-16,25H,(H,31,33)(H,32,34). The normalized spacial score (nSPS) is 11.5. The van der Waals surface area contributed by atoms with Gasteiger partial charge in [0.25, 0.3) is 5.91 Å². The van der Waals surface area contributed by atoms with Crippen molar-refractivity contribution in [2.75, 3.05) is 10.6 Å². The third kappa shape index (κ3) is 6.63. The van der Waals surface area contributed by atoms with Crippen molar-refractivity contribution in [1.82, 2.24) is 0 Å². The van der Waals surface area contributed by atoms with E-state index in [1.54, 1.807) is 36.4 Å². The summed E-state index contributed by atoms with van der Waals surface area (Å²) in [5, 5.41) is 5.88. The maximum absolute atomic E-state index is 13.3. The molecule has 4 rings (SSSR count). The first-order chi connectivity index (χ1) is 16.9. The van der Waals surface area contributed by atoms with Gasteiger partial charge >= 0.3 is 0 Å². The Bertz CT molecular complexity index is 1350. The molecule has 0 saturated carbocycles. The molecule has 2 N–H and O–H groups in total. The van der Waals surface area contributed by atoms with Crippen LogP contribution in [-0.4, -0.2) is 11.8 Å². The van der Waals surface area contributed by atoms with E-state index in [1.165, 1.54) is 36.0 Å². The molecule has 35 heavy (non-hydrogen) atoms. The van der Waals surface area contributed by atoms with Crippen LogP contribution in [0.3, 0.4) is 0 Å². The van der Waals surface area contributed by atoms with E-state index in [4.69, 9.17) is 23.2 Å². The number of hydrogen-bond acceptors (Lipinski definition) is 3. The topological polar surface area (TPSA) is 58.2 Å². The Morgan fingerprint density at radius 2 is 1.46 bits per heavy atom. The van der Waals surface area contributed by atoms with Gasteiger partial charge in [-0.1, -0.05) is 59.6 Å². The van der Waals surface area contributed by atoms with Crippen molar-refractivity contribution in [3.05, 3.63) is 124 Å². The monoisotopic (exact) mass is 524 g/mol. The molecule has 0 saturated heterocycles. The minimum absolute atomic E-state index is 0.236. The summed E-state index contributed by atoms with van der Waals surface area (Å²) in [5.74, 6) is -1.00. The Hall–Kier alpha value is -3.32. The first kappa shape index (κ1) is 24.8. The highest BCUT2D eigenvalue weighted by molar-refractivity contribution is 8.00. The number of thioether (sulfide) groups is 1. The molecule has 4 aromatic rings. The van der Waals surface area contributed by atoms with Gasteiger partial charge in [-0.05, 0) is 66.2 Å². The minimum atomic E-state index is -0.575. The molecule has 1 unspecified atom stereocenters. The van der Waals surface area contributed by atoms with Crippen LogP contribution in [0.5, 0.6) is 0 Å². The number of amides is 2. The van der Waals surface area contributed by atoms with Crippen molar-refractivity contribution in [3.8, 4) is 0 Å². The van der Waals surface area contributed by atoms with Gasteiger partial charge in [-0.2, -0.15) is 0 Å². The molecule has 0 aromatic heterocycles. The van der Waals surface area contributed by atoms with E-state index in [0.717, 1.165) is 10.5 Å². The average Bonchev–Trinajstić information content (AvgIpc) is 2.86. The number of halogens is 3. The predicted molar refractivity (Wildman–Crippen MR) is 141 cm³/mol. The Labute approximate surface area is 216 Å². The second-order valence-corrected chi connectivity index (χ2v) is 9.51. The van der Waals surface area contributed by atoms with Crippen molar-refractivity contribution in [2.24, 2.45) is 0 Å². The first-order valence-corrected chi connectivity index (χ1v) is 12.2. The van der Waals surface area contributed by atoms with E-state index in [2.05, 4.69) is 10.6 Å². The van der Waals surface area contributed by atoms with E-state index in [9.17, 15) is 14.0 Å². The highest BCUT2D eigenvalue weighted by atomic mass is 35.5. The van der Waals surface area contributed by atoms with Crippen LogP contribution in [0.25, 0.3) is 0 Å². The van der Waals surface area contributed by atoms with E-state index in [0.29, 0.717) is 27.0 Å². The lowest BCUT2D eigenvalue weighted by Crippen LogP contribution is -2.19. The maximum atomic E-state index is 13.3. The molecular formula is C27H19Cl2FN2O2S. The Kier molecular flexibility index (Phi) is 8.08. The van der Waals surface area contributed by atoms with Gasteiger partial charge < -0.3 is 10.6 Å². The Balaban J connectivity index is 1.54. The van der Waals surface area contributed by atoms with Gasteiger partial charge in [0.05, 0.1) is 10.0 Å². The number of carbonyl (C=O) groups is 2. The summed E-state index contributed by atoms with van der Waals surface area (Å²) >= 11 is 13.4. The SMILES string of the molecule is O=C(Nc1cccc(SC(C(=O)Nc2ccc(Cl)c(Cl)c2)c2ccccc2)c1)c1ccc(F)cc1. The van der Waals surface area contributed by atoms with Gasteiger partial charge in [0.15, 0.2) is 0 Å². The molecule has 0 aliphatic carbocycles. The summed E-state index contributed by atoms with van der Waals surface area (Å²) in [4.78, 5) is 26.6. The molecule has 0 spiro atoms. The smallest absolute Gasteiger partial charge is 0.255 e. The van der Waals surface area contributed by atoms with Crippen LogP contribution in [0.15, 0.2) is 102 Å². The molecule has 176 valence electrons. The number of hydrogen-bond donors (Lipinski definition) is 2. The van der Waals surface area contributed by atoms with Crippen LogP contribution < -0.4 is 10.6 Å². The third-order valence-corrected chi connectivity index (χ3v) is 6.97. The van der Waals surface area contributed by atoms with Crippen molar-refractivity contribution in [3.63, 3.8) is 0 Å². The van der Waals surface area contributed by atoms with Gasteiger partial charge in [0.2, 0.25) is 5.91 Å². The van der Waals surface area contributed by atoms with E-state index in [-0.39, 0.29) is 11.8 Å². The summed E-state index contributed by atoms with van der Waals surface area (Å²) in [6.45, 7) is 0. The molecule has 2 amide bonds. The molecule has 1 atom stereocenters. The molecular weight excluding hydrogens is 506 g/mol. The largest absolute Gasteiger partial charge is 0.325 e. The lowest BCUT2D eigenvalue weighted by molar-refractivity contribution is -0.115. The van der Waals surface area contributed by atoms with Crippen molar-refractivity contribution in [1.29, 1.82) is 0 Å². The zero-order valence-electron chi connectivity index (χ0n) is 18.2. The second-order valence-electron chi connectivity index (χ2n) is 7.52. The molecule has 0 aliphatic rings. The summed E-state index contributed by atoms with van der Waals surface area (Å²) in [5.41, 5.74) is 2.25. The summed E-state index contributed by atoms with van der Waals surface area (Å²) in [6.07, 6.45) is 0. The Morgan fingerprint density at radius 1 is 0.743 bits per heavy atom. The van der Waals surface area contributed by atoms with Gasteiger partial charge in [-0.15, -0.1) is 11.8 Å². The van der Waals surface area contributed by atoms with Crippen LogP contribution in [0, 0.1) is 5.82 Å². The fourth-order valence-corrected chi connectivity index (χ4v) is 4.65. The number of carbonyl (C=O) groups excluding carboxylic acids is 2. The van der Waals surface area contributed by atoms with Crippen LogP contribution in [0.1, 0.15) is 21.2 Å². The van der Waals surface area contributed by atoms with Gasteiger partial charge in [0.1, 0.15) is 11.1 Å². The lowest BCUT2D eigenvalue weighted by Gasteiger charge is -2.18. The molecule has 0 heterocycles. The molecule has 0 fully saturated rings. The van der Waals surface area contributed by atoms with Crippen LogP contribution >= 0.6 is 35.0 Å². The van der Waals surface area contributed by atoms with Crippen LogP contribution in [-0.2, 0) is 4.79 Å². The molecule has 0 radical (unpaired) electrons. The first-order valence-electron chi connectivity index (χ1n) is 10.5. The zero-order valence-corrected chi connectivity index (χ0v) is 20.5. The van der Waals surface area contributed by atoms with E-state index < -0.39 is 11.1 Å². The Morgan fingerprint density at radius 3 is 2.17 bits per heavy atom. The van der Waals surface area contributed by atoms with Gasteiger partial charge in [0, 0.05) is 21.8 Å². The summed E-state index contributed by atoms with van der Waals surface area (Å²) < 4.78 is 13.2. The number of rotatable bonds is 7. The maximum Gasteiger partial charge on any atom is 0.255 e. The third-order valence-electron chi connectivity index (χ3n) is 4.98. The second kappa shape index (κ2) is 11.4. The number of benzene rings is 4. The van der Waals surface area contributed by atoms with Crippen molar-refractivity contribution >= 4 is 58.2 Å². The average molecular weight is 525 g/mol. The van der Waals surface area contributed by atoms with Gasteiger partial charge in [-0.3, -0.25) is 9.59 Å². The van der Waals surface area contributed by atoms with Crippen molar-refractivity contribution < 1.29 is 14.0 Å². The lowest BCUT2D eigenvalue weighted by atomic mass is 10.1.